The van der Waals surface area contributed by atoms with Crippen molar-refractivity contribution in [1.29, 1.82) is 0 Å². The van der Waals surface area contributed by atoms with E-state index in [0.29, 0.717) is 26.2 Å². The number of hydrogen-bond acceptors (Lipinski definition) is 6. The zero-order valence-electron chi connectivity index (χ0n) is 11.5. The van der Waals surface area contributed by atoms with E-state index in [4.69, 9.17) is 4.74 Å². The van der Waals surface area contributed by atoms with Crippen molar-refractivity contribution in [3.63, 3.8) is 0 Å². The highest BCUT2D eigenvalue weighted by molar-refractivity contribution is 7.89. The summed E-state index contributed by atoms with van der Waals surface area (Å²) in [6.45, 7) is 1.99. The lowest BCUT2D eigenvalue weighted by molar-refractivity contribution is 0.360. The Kier molecular flexibility index (Phi) is 6.45. The number of ether oxygens (including phenoxy) is 1. The zero-order chi connectivity index (χ0) is 14.8. The maximum absolute atomic E-state index is 12.5. The molecule has 1 aromatic rings. The second-order valence-electron chi connectivity index (χ2n) is 4.43. The first-order valence-corrected chi connectivity index (χ1v) is 7.66. The van der Waals surface area contributed by atoms with Gasteiger partial charge in [-0.2, -0.15) is 4.31 Å². The average Bonchev–Trinajstić information content (AvgIpc) is 2.47. The first-order chi connectivity index (χ1) is 9.46. The van der Waals surface area contributed by atoms with E-state index in [1.54, 1.807) is 0 Å². The maximum atomic E-state index is 12.5. The van der Waals surface area contributed by atoms with Crippen molar-refractivity contribution in [2.45, 2.75) is 4.90 Å². The summed E-state index contributed by atoms with van der Waals surface area (Å²) >= 11 is 0. The standard InChI is InChI=1S/C11H17BN2O5S.ClH/c1-19-11-3-2-9(8-10(11)12(15)16)20(17,18)14-6-4-13-5-7-14;/h2-3,8,13,15-16H,4-7H2,1H3;1H. The Morgan fingerprint density at radius 2 is 1.90 bits per heavy atom. The van der Waals surface area contributed by atoms with Crippen molar-refractivity contribution in [2.24, 2.45) is 0 Å². The van der Waals surface area contributed by atoms with Crippen molar-refractivity contribution in [3.8, 4) is 5.75 Å². The molecular formula is C11H18BClN2O5S. The lowest BCUT2D eigenvalue weighted by atomic mass is 9.79. The number of hydrogen-bond donors (Lipinski definition) is 3. The quantitative estimate of drug-likeness (QED) is 0.572. The van der Waals surface area contributed by atoms with Gasteiger partial charge in [-0.25, -0.2) is 8.42 Å². The number of nitrogens with one attached hydrogen (secondary N) is 1. The largest absolute Gasteiger partial charge is 0.497 e. The van der Waals surface area contributed by atoms with Gasteiger partial charge in [-0.15, -0.1) is 12.4 Å². The molecule has 1 aromatic carbocycles. The second-order valence-corrected chi connectivity index (χ2v) is 6.37. The van der Waals surface area contributed by atoms with Crippen LogP contribution in [0.3, 0.4) is 0 Å². The molecule has 0 atom stereocenters. The Morgan fingerprint density at radius 3 is 2.43 bits per heavy atom. The first kappa shape index (κ1) is 18.2. The van der Waals surface area contributed by atoms with Gasteiger partial charge in [0.05, 0.1) is 12.0 Å². The van der Waals surface area contributed by atoms with Crippen molar-refractivity contribution in [1.82, 2.24) is 9.62 Å². The maximum Gasteiger partial charge on any atom is 0.492 e. The molecule has 1 fully saturated rings. The molecule has 10 heteroatoms. The number of methoxy groups -OCH3 is 1. The number of sulfonamides is 1. The average molecular weight is 337 g/mol. The van der Waals surface area contributed by atoms with Crippen molar-refractivity contribution < 1.29 is 23.2 Å². The molecule has 0 aromatic heterocycles. The normalized spacial score (nSPS) is 16.1. The summed E-state index contributed by atoms with van der Waals surface area (Å²) in [6.07, 6.45) is 0. The topological polar surface area (TPSA) is 99.1 Å². The van der Waals surface area contributed by atoms with Gasteiger partial charge in [-0.3, -0.25) is 0 Å². The fraction of sp³-hybridized carbons (Fsp3) is 0.455. The molecule has 0 aliphatic carbocycles. The Morgan fingerprint density at radius 1 is 1.29 bits per heavy atom. The number of nitrogens with zero attached hydrogens (tertiary/aromatic N) is 1. The minimum Gasteiger partial charge on any atom is -0.497 e. The smallest absolute Gasteiger partial charge is 0.492 e. The van der Waals surface area contributed by atoms with Crippen molar-refractivity contribution >= 4 is 35.0 Å². The van der Waals surface area contributed by atoms with Crippen LogP contribution >= 0.6 is 12.4 Å². The van der Waals surface area contributed by atoms with Crippen LogP contribution in [0.4, 0.5) is 0 Å². The molecule has 0 amide bonds. The van der Waals surface area contributed by atoms with E-state index < -0.39 is 17.1 Å². The molecule has 0 radical (unpaired) electrons. The highest BCUT2D eigenvalue weighted by atomic mass is 35.5. The molecule has 1 aliphatic heterocycles. The van der Waals surface area contributed by atoms with Crippen LogP contribution in [0.15, 0.2) is 23.1 Å². The molecule has 0 spiro atoms. The second kappa shape index (κ2) is 7.43. The van der Waals surface area contributed by atoms with Gasteiger partial charge >= 0.3 is 7.12 Å². The van der Waals surface area contributed by atoms with Crippen LogP contribution < -0.4 is 15.5 Å². The van der Waals surface area contributed by atoms with E-state index >= 15 is 0 Å². The molecular weight excluding hydrogens is 318 g/mol. The van der Waals surface area contributed by atoms with E-state index in [1.807, 2.05) is 0 Å². The van der Waals surface area contributed by atoms with Gasteiger partial charge in [0.1, 0.15) is 5.75 Å². The fourth-order valence-corrected chi connectivity index (χ4v) is 3.59. The molecule has 3 N–H and O–H groups in total. The van der Waals surface area contributed by atoms with E-state index in [2.05, 4.69) is 5.32 Å². The minimum absolute atomic E-state index is 0. The van der Waals surface area contributed by atoms with Gasteiger partial charge in [0, 0.05) is 31.6 Å². The summed E-state index contributed by atoms with van der Waals surface area (Å²) in [4.78, 5) is 0.0308. The Balaban J connectivity index is 0.00000220. The predicted octanol–water partition coefficient (Wildman–Crippen LogP) is -1.61. The molecule has 0 bridgehead atoms. The number of piperazine rings is 1. The highest BCUT2D eigenvalue weighted by Crippen LogP contribution is 2.18. The third kappa shape index (κ3) is 3.88. The van der Waals surface area contributed by atoms with Crippen LogP contribution in [-0.4, -0.2) is 63.2 Å². The third-order valence-corrected chi connectivity index (χ3v) is 5.09. The molecule has 1 saturated heterocycles. The first-order valence-electron chi connectivity index (χ1n) is 6.22. The number of rotatable bonds is 4. The zero-order valence-corrected chi connectivity index (χ0v) is 13.2. The van der Waals surface area contributed by atoms with Crippen LogP contribution in [-0.2, 0) is 10.0 Å². The van der Waals surface area contributed by atoms with Gasteiger partial charge in [0.25, 0.3) is 0 Å². The summed E-state index contributed by atoms with van der Waals surface area (Å²) in [5.41, 5.74) is 0.0312. The summed E-state index contributed by atoms with van der Waals surface area (Å²) in [5.74, 6) is 0.235. The lowest BCUT2D eigenvalue weighted by Gasteiger charge is -2.26. The van der Waals surface area contributed by atoms with Gasteiger partial charge in [0.15, 0.2) is 0 Å². The lowest BCUT2D eigenvalue weighted by Crippen LogP contribution is -2.46. The Labute approximate surface area is 130 Å². The summed E-state index contributed by atoms with van der Waals surface area (Å²) in [6, 6.07) is 4.06. The molecule has 1 heterocycles. The van der Waals surface area contributed by atoms with Gasteiger partial charge in [-0.1, -0.05) is 0 Å². The molecule has 2 rings (SSSR count). The van der Waals surface area contributed by atoms with E-state index in [0.717, 1.165) is 0 Å². The van der Waals surface area contributed by atoms with Crippen LogP contribution in [0.2, 0.25) is 0 Å². The fourth-order valence-electron chi connectivity index (χ4n) is 2.11. The summed E-state index contributed by atoms with van der Waals surface area (Å²) < 4.78 is 31.3. The predicted molar refractivity (Wildman–Crippen MR) is 81.7 cm³/mol. The molecule has 7 nitrogen and oxygen atoms in total. The van der Waals surface area contributed by atoms with E-state index in [-0.39, 0.29) is 28.5 Å². The van der Waals surface area contributed by atoms with Gasteiger partial charge in [0.2, 0.25) is 10.0 Å². The highest BCUT2D eigenvalue weighted by Gasteiger charge is 2.28. The third-order valence-electron chi connectivity index (χ3n) is 3.19. The van der Waals surface area contributed by atoms with Crippen LogP contribution in [0, 0.1) is 0 Å². The van der Waals surface area contributed by atoms with Crippen LogP contribution in [0.5, 0.6) is 5.75 Å². The molecule has 118 valence electrons. The number of benzene rings is 1. The number of halogens is 1. The molecule has 0 saturated carbocycles. The van der Waals surface area contributed by atoms with Crippen LogP contribution in [0.1, 0.15) is 0 Å². The van der Waals surface area contributed by atoms with E-state index in [9.17, 15) is 18.5 Å². The molecule has 21 heavy (non-hydrogen) atoms. The summed E-state index contributed by atoms with van der Waals surface area (Å²) in [5, 5.41) is 21.7. The summed E-state index contributed by atoms with van der Waals surface area (Å²) in [7, 11) is -4.04. The SMILES string of the molecule is COc1ccc(S(=O)(=O)N2CCNCC2)cc1B(O)O.Cl. The molecule has 0 unspecified atom stereocenters. The molecule has 1 aliphatic rings. The Bertz CT molecular complexity index is 578. The van der Waals surface area contributed by atoms with Gasteiger partial charge in [-0.05, 0) is 18.2 Å². The van der Waals surface area contributed by atoms with E-state index in [1.165, 1.54) is 29.6 Å². The van der Waals surface area contributed by atoms with Crippen molar-refractivity contribution in [3.05, 3.63) is 18.2 Å². The van der Waals surface area contributed by atoms with Crippen LogP contribution in [0.25, 0.3) is 0 Å². The monoisotopic (exact) mass is 336 g/mol. The van der Waals surface area contributed by atoms with Crippen molar-refractivity contribution in [2.75, 3.05) is 33.3 Å². The van der Waals surface area contributed by atoms with Gasteiger partial charge < -0.3 is 20.1 Å². The Hall–Kier alpha value is -0.835. The minimum atomic E-state index is -3.63.